The van der Waals surface area contributed by atoms with Gasteiger partial charge in [0, 0.05) is 6.20 Å². The summed E-state index contributed by atoms with van der Waals surface area (Å²) >= 11 is 4.84. The molecular formula is C11H14FN3OS. The molecule has 0 fully saturated rings. The molecular weight excluding hydrogens is 241 g/mol. The van der Waals surface area contributed by atoms with E-state index in [-0.39, 0.29) is 10.6 Å². The Labute approximate surface area is 104 Å². The van der Waals surface area contributed by atoms with Crippen molar-refractivity contribution in [2.75, 3.05) is 0 Å². The number of nitrogens with zero attached hydrogens (tertiary/aromatic N) is 1. The largest absolute Gasteiger partial charge is 0.392 e. The van der Waals surface area contributed by atoms with Crippen LogP contribution in [0.4, 0.5) is 4.39 Å². The standard InChI is InChI=1S/C11H14FN3OS/c1-2-3-9(10(13)17)15-11(16)7-4-5-14-6-8(7)12/h4-6,9H,2-3H2,1H3,(H2,13,17)(H,15,16). The number of carbonyl (C=O) groups is 1. The summed E-state index contributed by atoms with van der Waals surface area (Å²) in [5.41, 5.74) is 5.44. The topological polar surface area (TPSA) is 68.0 Å². The van der Waals surface area contributed by atoms with Crippen LogP contribution in [0.3, 0.4) is 0 Å². The molecule has 4 nitrogen and oxygen atoms in total. The highest BCUT2D eigenvalue weighted by Gasteiger charge is 2.17. The molecule has 0 aliphatic carbocycles. The van der Waals surface area contributed by atoms with Crippen LogP contribution in [-0.4, -0.2) is 21.9 Å². The minimum atomic E-state index is -0.664. The Kier molecular flexibility index (Phi) is 4.96. The molecule has 0 aromatic carbocycles. The van der Waals surface area contributed by atoms with Gasteiger partial charge in [-0.05, 0) is 12.5 Å². The third-order valence-corrected chi connectivity index (χ3v) is 2.53. The number of hydrogen-bond acceptors (Lipinski definition) is 3. The Morgan fingerprint density at radius 3 is 2.94 bits per heavy atom. The van der Waals surface area contributed by atoms with E-state index in [1.165, 1.54) is 12.3 Å². The second-order valence-electron chi connectivity index (χ2n) is 3.57. The smallest absolute Gasteiger partial charge is 0.254 e. The van der Waals surface area contributed by atoms with Crippen molar-refractivity contribution < 1.29 is 9.18 Å². The average molecular weight is 255 g/mol. The zero-order valence-electron chi connectivity index (χ0n) is 9.44. The van der Waals surface area contributed by atoms with Gasteiger partial charge in [0.15, 0.2) is 5.82 Å². The molecule has 3 N–H and O–H groups in total. The van der Waals surface area contributed by atoms with Crippen molar-refractivity contribution in [3.05, 3.63) is 29.8 Å². The van der Waals surface area contributed by atoms with E-state index in [2.05, 4.69) is 10.3 Å². The van der Waals surface area contributed by atoms with Gasteiger partial charge >= 0.3 is 0 Å². The van der Waals surface area contributed by atoms with Crippen LogP contribution in [0.1, 0.15) is 30.1 Å². The van der Waals surface area contributed by atoms with Crippen LogP contribution < -0.4 is 11.1 Å². The highest BCUT2D eigenvalue weighted by molar-refractivity contribution is 7.80. The normalized spacial score (nSPS) is 11.9. The van der Waals surface area contributed by atoms with E-state index in [4.69, 9.17) is 18.0 Å². The van der Waals surface area contributed by atoms with Crippen LogP contribution in [0.5, 0.6) is 0 Å². The molecule has 0 aliphatic heterocycles. The van der Waals surface area contributed by atoms with Crippen molar-refractivity contribution in [2.24, 2.45) is 5.73 Å². The number of pyridine rings is 1. The van der Waals surface area contributed by atoms with Crippen LogP contribution in [-0.2, 0) is 0 Å². The number of halogens is 1. The number of carbonyl (C=O) groups excluding carboxylic acids is 1. The number of amides is 1. The lowest BCUT2D eigenvalue weighted by atomic mass is 10.1. The Hall–Kier alpha value is -1.56. The maximum absolute atomic E-state index is 13.3. The zero-order valence-corrected chi connectivity index (χ0v) is 10.3. The molecule has 1 aromatic rings. The lowest BCUT2D eigenvalue weighted by Gasteiger charge is -2.16. The minimum Gasteiger partial charge on any atom is -0.392 e. The van der Waals surface area contributed by atoms with Crippen LogP contribution in [0.15, 0.2) is 18.5 Å². The van der Waals surface area contributed by atoms with Gasteiger partial charge in [0.2, 0.25) is 0 Å². The van der Waals surface area contributed by atoms with Gasteiger partial charge in [-0.3, -0.25) is 9.78 Å². The van der Waals surface area contributed by atoms with Crippen LogP contribution in [0, 0.1) is 5.82 Å². The average Bonchev–Trinajstić information content (AvgIpc) is 2.28. The quantitative estimate of drug-likeness (QED) is 0.780. The van der Waals surface area contributed by atoms with Gasteiger partial charge in [0.05, 0.1) is 22.8 Å². The fourth-order valence-corrected chi connectivity index (χ4v) is 1.55. The number of thiocarbonyl (C=S) groups is 1. The molecule has 92 valence electrons. The maximum Gasteiger partial charge on any atom is 0.254 e. The van der Waals surface area contributed by atoms with Crippen molar-refractivity contribution in [3.8, 4) is 0 Å². The minimum absolute atomic E-state index is 0.0580. The molecule has 0 saturated carbocycles. The van der Waals surface area contributed by atoms with Crippen molar-refractivity contribution in [2.45, 2.75) is 25.8 Å². The highest BCUT2D eigenvalue weighted by Crippen LogP contribution is 2.06. The van der Waals surface area contributed by atoms with Crippen LogP contribution in [0.25, 0.3) is 0 Å². The lowest BCUT2D eigenvalue weighted by molar-refractivity contribution is 0.0941. The Balaban J connectivity index is 2.77. The number of aromatic nitrogens is 1. The first kappa shape index (κ1) is 13.5. The van der Waals surface area contributed by atoms with E-state index in [9.17, 15) is 9.18 Å². The van der Waals surface area contributed by atoms with Crippen molar-refractivity contribution in [1.82, 2.24) is 10.3 Å². The van der Waals surface area contributed by atoms with Gasteiger partial charge in [-0.25, -0.2) is 4.39 Å². The van der Waals surface area contributed by atoms with E-state index < -0.39 is 17.8 Å². The number of nitrogens with two attached hydrogens (primary N) is 1. The summed E-state index contributed by atoms with van der Waals surface area (Å²) in [4.78, 5) is 15.5. The number of hydrogen-bond donors (Lipinski definition) is 2. The Bertz CT molecular complexity index is 425. The highest BCUT2D eigenvalue weighted by atomic mass is 32.1. The van der Waals surface area contributed by atoms with E-state index in [1.54, 1.807) is 0 Å². The molecule has 1 unspecified atom stereocenters. The second kappa shape index (κ2) is 6.24. The molecule has 1 atom stereocenters. The van der Waals surface area contributed by atoms with Crippen molar-refractivity contribution >= 4 is 23.1 Å². The van der Waals surface area contributed by atoms with Gasteiger partial charge in [-0.15, -0.1) is 0 Å². The van der Waals surface area contributed by atoms with Crippen molar-refractivity contribution in [3.63, 3.8) is 0 Å². The molecule has 6 heteroatoms. The summed E-state index contributed by atoms with van der Waals surface area (Å²) in [6.45, 7) is 1.95. The van der Waals surface area contributed by atoms with Crippen LogP contribution in [0.2, 0.25) is 0 Å². The summed E-state index contributed by atoms with van der Waals surface area (Å²) in [6, 6.07) is 0.905. The lowest BCUT2D eigenvalue weighted by Crippen LogP contribution is -2.43. The Morgan fingerprint density at radius 2 is 2.41 bits per heavy atom. The first-order valence-corrected chi connectivity index (χ1v) is 5.66. The summed E-state index contributed by atoms with van der Waals surface area (Å²) in [6.07, 6.45) is 3.80. The third kappa shape index (κ3) is 3.74. The number of nitrogens with one attached hydrogen (secondary N) is 1. The summed E-state index contributed by atoms with van der Waals surface area (Å²) in [7, 11) is 0. The molecule has 0 bridgehead atoms. The van der Waals surface area contributed by atoms with E-state index >= 15 is 0 Å². The molecule has 1 amide bonds. The van der Waals surface area contributed by atoms with E-state index in [0.29, 0.717) is 6.42 Å². The maximum atomic E-state index is 13.3. The first-order chi connectivity index (χ1) is 8.06. The van der Waals surface area contributed by atoms with Gasteiger partial charge in [-0.2, -0.15) is 0 Å². The summed E-state index contributed by atoms with van der Waals surface area (Å²) in [5, 5.41) is 2.60. The van der Waals surface area contributed by atoms with Gasteiger partial charge in [0.25, 0.3) is 5.91 Å². The molecule has 0 radical (unpaired) electrons. The summed E-state index contributed by atoms with van der Waals surface area (Å²) in [5.74, 6) is -1.20. The molecule has 1 aromatic heterocycles. The van der Waals surface area contributed by atoms with Gasteiger partial charge < -0.3 is 11.1 Å². The predicted octanol–water partition coefficient (Wildman–Crippen LogP) is 1.41. The third-order valence-electron chi connectivity index (χ3n) is 2.24. The van der Waals surface area contributed by atoms with Crippen molar-refractivity contribution in [1.29, 1.82) is 0 Å². The van der Waals surface area contributed by atoms with Gasteiger partial charge in [-0.1, -0.05) is 25.6 Å². The Morgan fingerprint density at radius 1 is 1.71 bits per heavy atom. The van der Waals surface area contributed by atoms with Crippen LogP contribution >= 0.6 is 12.2 Å². The molecule has 0 aliphatic rings. The zero-order chi connectivity index (χ0) is 12.8. The number of rotatable bonds is 5. The monoisotopic (exact) mass is 255 g/mol. The van der Waals surface area contributed by atoms with E-state index in [1.807, 2.05) is 6.92 Å². The molecule has 1 rings (SSSR count). The second-order valence-corrected chi connectivity index (χ2v) is 4.04. The summed E-state index contributed by atoms with van der Waals surface area (Å²) < 4.78 is 13.3. The molecule has 0 saturated heterocycles. The fourth-order valence-electron chi connectivity index (χ4n) is 1.37. The molecule has 0 spiro atoms. The van der Waals surface area contributed by atoms with E-state index in [0.717, 1.165) is 12.6 Å². The fraction of sp³-hybridized carbons (Fsp3) is 0.364. The van der Waals surface area contributed by atoms with Gasteiger partial charge in [0.1, 0.15) is 0 Å². The SMILES string of the molecule is CCCC(NC(=O)c1ccncc1F)C(N)=S. The predicted molar refractivity (Wildman–Crippen MR) is 67.1 cm³/mol. The molecule has 1 heterocycles. The molecule has 17 heavy (non-hydrogen) atoms. The first-order valence-electron chi connectivity index (χ1n) is 5.26.